The summed E-state index contributed by atoms with van der Waals surface area (Å²) >= 11 is 3.50. The molecule has 1 fully saturated rings. The highest BCUT2D eigenvalue weighted by Crippen LogP contribution is 2.34. The van der Waals surface area contributed by atoms with Crippen molar-refractivity contribution < 1.29 is 14.6 Å². The van der Waals surface area contributed by atoms with Crippen LogP contribution in [-0.4, -0.2) is 51.6 Å². The third-order valence-corrected chi connectivity index (χ3v) is 5.67. The molecular weight excluding hydrogens is 438 g/mol. The van der Waals surface area contributed by atoms with Crippen LogP contribution in [0, 0.1) is 0 Å². The molecule has 3 aromatic rings. The van der Waals surface area contributed by atoms with Gasteiger partial charge in [-0.05, 0) is 46.1 Å². The first-order chi connectivity index (χ1) is 14.0. The first kappa shape index (κ1) is 19.7. The van der Waals surface area contributed by atoms with E-state index < -0.39 is 0 Å². The van der Waals surface area contributed by atoms with Crippen LogP contribution in [0.15, 0.2) is 35.1 Å². The number of imidazole rings is 1. The van der Waals surface area contributed by atoms with Gasteiger partial charge in [-0.2, -0.15) is 4.98 Å². The van der Waals surface area contributed by atoms with Crippen molar-refractivity contribution in [3.63, 3.8) is 0 Å². The molecule has 0 bridgehead atoms. The molecule has 1 aromatic carbocycles. The number of hydrogen-bond donors (Lipinski definition) is 2. The molecule has 4 rings (SSSR count). The number of ether oxygens (including phenoxy) is 1. The van der Waals surface area contributed by atoms with Gasteiger partial charge in [-0.15, -0.1) is 0 Å². The van der Waals surface area contributed by atoms with Crippen molar-refractivity contribution in [3.8, 4) is 17.0 Å². The number of aromatic nitrogens is 3. The molecule has 0 saturated carbocycles. The zero-order valence-corrected chi connectivity index (χ0v) is 17.8. The van der Waals surface area contributed by atoms with Gasteiger partial charge in [0.15, 0.2) is 0 Å². The number of amides is 1. The number of hydrogen-bond acceptors (Lipinski definition) is 6. The van der Waals surface area contributed by atoms with Crippen LogP contribution < -0.4 is 15.0 Å². The number of carbonyl (C=O) groups excluding carboxylic acids is 1. The van der Waals surface area contributed by atoms with Gasteiger partial charge >= 0.3 is 0 Å². The van der Waals surface area contributed by atoms with Crippen molar-refractivity contribution in [1.82, 2.24) is 19.7 Å². The number of methoxy groups -OCH3 is 1. The second kappa shape index (κ2) is 8.00. The molecule has 3 heterocycles. The summed E-state index contributed by atoms with van der Waals surface area (Å²) in [6.45, 7) is 2.99. The van der Waals surface area contributed by atoms with Crippen LogP contribution in [0.1, 0.15) is 18.9 Å². The van der Waals surface area contributed by atoms with Crippen LogP contribution >= 0.6 is 15.9 Å². The largest absolute Gasteiger partial charge is 0.496 e. The molecule has 0 radical (unpaired) electrons. The molecule has 2 N–H and O–H groups in total. The lowest BCUT2D eigenvalue weighted by molar-refractivity contribution is -0.119. The van der Waals surface area contributed by atoms with E-state index in [1.54, 1.807) is 13.2 Å². The maximum absolute atomic E-state index is 11.3. The Hall–Kier alpha value is -2.65. The van der Waals surface area contributed by atoms with Crippen molar-refractivity contribution >= 4 is 33.4 Å². The van der Waals surface area contributed by atoms with Crippen LogP contribution in [0.4, 0.5) is 5.82 Å². The second-order valence-electron chi connectivity index (χ2n) is 7.05. The third-order valence-electron chi connectivity index (χ3n) is 5.06. The van der Waals surface area contributed by atoms with Gasteiger partial charge < -0.3 is 20.1 Å². The minimum absolute atomic E-state index is 0.0106. The first-order valence-corrected chi connectivity index (χ1v) is 10.1. The number of benzene rings is 1. The Morgan fingerprint density at radius 2 is 2.24 bits per heavy atom. The van der Waals surface area contributed by atoms with Crippen molar-refractivity contribution in [2.45, 2.75) is 26.0 Å². The van der Waals surface area contributed by atoms with Gasteiger partial charge in [0.05, 0.1) is 23.9 Å². The van der Waals surface area contributed by atoms with Crippen LogP contribution in [0.2, 0.25) is 0 Å². The molecule has 1 aliphatic rings. The Labute approximate surface area is 176 Å². The number of nitrogens with one attached hydrogen (secondary N) is 1. The van der Waals surface area contributed by atoms with Crippen LogP contribution in [-0.2, 0) is 11.4 Å². The minimum Gasteiger partial charge on any atom is -0.496 e. The van der Waals surface area contributed by atoms with Crippen molar-refractivity contribution in [2.24, 2.45) is 0 Å². The summed E-state index contributed by atoms with van der Waals surface area (Å²) < 4.78 is 7.97. The van der Waals surface area contributed by atoms with Crippen molar-refractivity contribution in [1.29, 1.82) is 0 Å². The van der Waals surface area contributed by atoms with Gasteiger partial charge in [0.1, 0.15) is 11.6 Å². The van der Waals surface area contributed by atoms with Gasteiger partial charge in [-0.25, -0.2) is 4.98 Å². The van der Waals surface area contributed by atoms with Gasteiger partial charge in [0, 0.05) is 44.0 Å². The fraction of sp³-hybridized carbons (Fsp3) is 0.350. The normalized spacial score (nSPS) is 16.4. The predicted molar refractivity (Wildman–Crippen MR) is 113 cm³/mol. The standard InChI is InChI=1S/C20H22BrN5O3/c1-12(28)22-14-3-5-25(9-14)19-4-6-26-10-17(23-20(26)24-19)15-8-16(21)18(29-2)7-13(15)11-27/h4,6-8,10,14,27H,3,5,9,11H2,1-2H3,(H,22,28). The summed E-state index contributed by atoms with van der Waals surface area (Å²) in [6.07, 6.45) is 4.71. The summed E-state index contributed by atoms with van der Waals surface area (Å²) in [7, 11) is 1.59. The molecule has 152 valence electrons. The average molecular weight is 460 g/mol. The maximum Gasteiger partial charge on any atom is 0.236 e. The highest BCUT2D eigenvalue weighted by Gasteiger charge is 2.24. The van der Waals surface area contributed by atoms with Gasteiger partial charge in [-0.3, -0.25) is 9.20 Å². The van der Waals surface area contributed by atoms with Crippen LogP contribution in [0.3, 0.4) is 0 Å². The summed E-state index contributed by atoms with van der Waals surface area (Å²) in [5.74, 6) is 2.06. The summed E-state index contributed by atoms with van der Waals surface area (Å²) in [6, 6.07) is 5.79. The number of rotatable bonds is 5. The van der Waals surface area contributed by atoms with E-state index in [0.717, 1.165) is 46.6 Å². The molecular formula is C20H22BrN5O3. The molecule has 1 saturated heterocycles. The van der Waals surface area contributed by atoms with E-state index >= 15 is 0 Å². The predicted octanol–water partition coefficient (Wildman–Crippen LogP) is 2.37. The SMILES string of the molecule is COc1cc(CO)c(-c2cn3ccc(N4CCC(NC(C)=O)C4)nc3n2)cc1Br. The Morgan fingerprint density at radius 3 is 2.97 bits per heavy atom. The van der Waals surface area contributed by atoms with Gasteiger partial charge in [0.25, 0.3) is 0 Å². The molecule has 29 heavy (non-hydrogen) atoms. The minimum atomic E-state index is -0.121. The highest BCUT2D eigenvalue weighted by atomic mass is 79.9. The Morgan fingerprint density at radius 1 is 1.41 bits per heavy atom. The molecule has 1 aliphatic heterocycles. The van der Waals surface area contributed by atoms with Gasteiger partial charge in [0.2, 0.25) is 11.7 Å². The summed E-state index contributed by atoms with van der Waals surface area (Å²) in [4.78, 5) is 22.8. The van der Waals surface area contributed by atoms with Crippen molar-refractivity contribution in [3.05, 3.63) is 40.6 Å². The Kier molecular flexibility index (Phi) is 5.42. The number of halogens is 1. The second-order valence-corrected chi connectivity index (χ2v) is 7.91. The lowest BCUT2D eigenvalue weighted by Crippen LogP contribution is -2.35. The monoisotopic (exact) mass is 459 g/mol. The van der Waals surface area contributed by atoms with E-state index in [1.807, 2.05) is 28.9 Å². The lowest BCUT2D eigenvalue weighted by atomic mass is 10.1. The average Bonchev–Trinajstić information content (AvgIpc) is 3.33. The Balaban J connectivity index is 1.65. The number of anilines is 1. The lowest BCUT2D eigenvalue weighted by Gasteiger charge is -2.17. The quantitative estimate of drug-likeness (QED) is 0.608. The fourth-order valence-corrected chi connectivity index (χ4v) is 4.17. The number of aliphatic hydroxyl groups is 1. The maximum atomic E-state index is 11.3. The Bertz CT molecular complexity index is 1070. The molecule has 0 aliphatic carbocycles. The molecule has 8 nitrogen and oxygen atoms in total. The zero-order valence-electron chi connectivity index (χ0n) is 16.2. The van der Waals surface area contributed by atoms with Crippen molar-refractivity contribution in [2.75, 3.05) is 25.1 Å². The summed E-state index contributed by atoms with van der Waals surface area (Å²) in [5.41, 5.74) is 2.27. The number of fused-ring (bicyclic) bond motifs is 1. The van der Waals surface area contributed by atoms with E-state index in [1.165, 1.54) is 6.92 Å². The molecule has 2 aromatic heterocycles. The molecule has 1 atom stereocenters. The smallest absolute Gasteiger partial charge is 0.236 e. The number of carbonyl (C=O) groups is 1. The first-order valence-electron chi connectivity index (χ1n) is 9.34. The van der Waals surface area contributed by atoms with E-state index in [2.05, 4.69) is 31.1 Å². The molecule has 1 amide bonds. The van der Waals surface area contributed by atoms with E-state index in [-0.39, 0.29) is 18.6 Å². The van der Waals surface area contributed by atoms with E-state index in [9.17, 15) is 9.90 Å². The van der Waals surface area contributed by atoms with E-state index in [0.29, 0.717) is 11.5 Å². The highest BCUT2D eigenvalue weighted by molar-refractivity contribution is 9.10. The van der Waals surface area contributed by atoms with E-state index in [4.69, 9.17) is 9.72 Å². The zero-order chi connectivity index (χ0) is 20.5. The van der Waals surface area contributed by atoms with Crippen LogP contribution in [0.5, 0.6) is 5.75 Å². The molecule has 0 spiro atoms. The molecule has 1 unspecified atom stereocenters. The van der Waals surface area contributed by atoms with Gasteiger partial charge in [-0.1, -0.05) is 0 Å². The molecule has 9 heteroatoms. The van der Waals surface area contributed by atoms with Crippen LogP contribution in [0.25, 0.3) is 17.0 Å². The topological polar surface area (TPSA) is 92.0 Å². The third kappa shape index (κ3) is 3.92. The summed E-state index contributed by atoms with van der Waals surface area (Å²) in [5, 5.41) is 12.7. The number of nitrogens with zero attached hydrogens (tertiary/aromatic N) is 4. The number of aliphatic hydroxyl groups excluding tert-OH is 1. The fourth-order valence-electron chi connectivity index (χ4n) is 3.66.